The lowest BCUT2D eigenvalue weighted by atomic mass is 10.4. The molecule has 0 saturated carbocycles. The molecular formula is C18H15NO2S2. The van der Waals surface area contributed by atoms with E-state index in [-0.39, 0.29) is 11.8 Å². The van der Waals surface area contributed by atoms with Gasteiger partial charge in [-0.05, 0) is 31.2 Å². The van der Waals surface area contributed by atoms with Crippen LogP contribution in [0, 0.1) is 0 Å². The molecule has 2 amide bonds. The molecule has 0 bridgehead atoms. The zero-order valence-electron chi connectivity index (χ0n) is 12.6. The summed E-state index contributed by atoms with van der Waals surface area (Å²) in [7, 11) is 0. The molecule has 0 radical (unpaired) electrons. The maximum absolute atomic E-state index is 12.6. The number of nitrogens with zero attached hydrogens (tertiary/aromatic N) is 1. The van der Waals surface area contributed by atoms with Crippen molar-refractivity contribution in [2.45, 2.75) is 16.7 Å². The third-order valence-corrected chi connectivity index (χ3v) is 5.64. The van der Waals surface area contributed by atoms with Crippen molar-refractivity contribution < 1.29 is 9.59 Å². The Bertz CT molecular complexity index is 694. The van der Waals surface area contributed by atoms with E-state index in [1.54, 1.807) is 0 Å². The van der Waals surface area contributed by atoms with Crippen molar-refractivity contribution >= 4 is 35.3 Å². The van der Waals surface area contributed by atoms with Gasteiger partial charge in [0.2, 0.25) is 0 Å². The molecule has 0 spiro atoms. The van der Waals surface area contributed by atoms with Crippen molar-refractivity contribution in [2.24, 2.45) is 0 Å². The van der Waals surface area contributed by atoms with E-state index in [0.717, 1.165) is 9.79 Å². The number of hydrogen-bond donors (Lipinski definition) is 0. The first kappa shape index (κ1) is 15.9. The van der Waals surface area contributed by atoms with Gasteiger partial charge in [-0.1, -0.05) is 59.9 Å². The topological polar surface area (TPSA) is 37.4 Å². The van der Waals surface area contributed by atoms with Crippen molar-refractivity contribution in [3.8, 4) is 0 Å². The highest BCUT2D eigenvalue weighted by Crippen LogP contribution is 2.42. The van der Waals surface area contributed by atoms with Gasteiger partial charge in [0.25, 0.3) is 11.8 Å². The van der Waals surface area contributed by atoms with Crippen LogP contribution in [-0.4, -0.2) is 23.3 Å². The molecule has 3 nitrogen and oxygen atoms in total. The summed E-state index contributed by atoms with van der Waals surface area (Å²) in [6, 6.07) is 19.3. The van der Waals surface area contributed by atoms with Crippen LogP contribution in [0.1, 0.15) is 6.92 Å². The van der Waals surface area contributed by atoms with Crippen LogP contribution in [0.3, 0.4) is 0 Å². The fourth-order valence-electron chi connectivity index (χ4n) is 2.21. The Morgan fingerprint density at radius 2 is 1.13 bits per heavy atom. The van der Waals surface area contributed by atoms with E-state index in [4.69, 9.17) is 0 Å². The summed E-state index contributed by atoms with van der Waals surface area (Å²) in [6.45, 7) is 2.20. The van der Waals surface area contributed by atoms with Crippen LogP contribution in [0.4, 0.5) is 0 Å². The molecule has 0 saturated heterocycles. The molecule has 2 aromatic carbocycles. The SMILES string of the molecule is CCN1C(=O)C(Sc2ccccc2)=C(Sc2ccccc2)C1=O. The average Bonchev–Trinajstić information content (AvgIpc) is 2.80. The highest BCUT2D eigenvalue weighted by Gasteiger charge is 2.38. The first-order chi connectivity index (χ1) is 11.2. The molecule has 23 heavy (non-hydrogen) atoms. The molecule has 1 heterocycles. The minimum absolute atomic E-state index is 0.204. The largest absolute Gasteiger partial charge is 0.274 e. The first-order valence-corrected chi connectivity index (χ1v) is 8.90. The number of amides is 2. The van der Waals surface area contributed by atoms with Gasteiger partial charge in [0.1, 0.15) is 0 Å². The molecule has 2 aromatic rings. The van der Waals surface area contributed by atoms with Crippen LogP contribution in [0.5, 0.6) is 0 Å². The summed E-state index contributed by atoms with van der Waals surface area (Å²) in [4.78, 5) is 29.4. The smallest absolute Gasteiger partial charge is 0.268 e. The van der Waals surface area contributed by atoms with E-state index < -0.39 is 0 Å². The Kier molecular flexibility index (Phi) is 4.88. The van der Waals surface area contributed by atoms with Crippen LogP contribution in [0.2, 0.25) is 0 Å². The van der Waals surface area contributed by atoms with E-state index in [1.807, 2.05) is 67.6 Å². The molecule has 0 atom stereocenters. The van der Waals surface area contributed by atoms with Crippen LogP contribution >= 0.6 is 23.5 Å². The van der Waals surface area contributed by atoms with Gasteiger partial charge in [0.15, 0.2) is 0 Å². The zero-order valence-corrected chi connectivity index (χ0v) is 14.2. The number of likely N-dealkylation sites (N-methyl/N-ethyl adjacent to an activating group) is 1. The molecule has 1 aliphatic heterocycles. The Labute approximate surface area is 143 Å². The molecule has 1 aliphatic rings. The number of carbonyl (C=O) groups excluding carboxylic acids is 2. The second-order valence-electron chi connectivity index (χ2n) is 4.84. The van der Waals surface area contributed by atoms with Crippen molar-refractivity contribution in [1.82, 2.24) is 4.90 Å². The molecule has 0 unspecified atom stereocenters. The van der Waals surface area contributed by atoms with Crippen molar-refractivity contribution in [3.63, 3.8) is 0 Å². The molecule has 116 valence electrons. The summed E-state index contributed by atoms with van der Waals surface area (Å²) < 4.78 is 0. The average molecular weight is 341 g/mol. The van der Waals surface area contributed by atoms with Crippen LogP contribution < -0.4 is 0 Å². The second kappa shape index (κ2) is 7.06. The third kappa shape index (κ3) is 3.35. The fourth-order valence-corrected chi connectivity index (χ4v) is 4.27. The summed E-state index contributed by atoms with van der Waals surface area (Å²) >= 11 is 2.71. The lowest BCUT2D eigenvalue weighted by molar-refractivity contribution is -0.136. The van der Waals surface area contributed by atoms with Crippen molar-refractivity contribution in [2.75, 3.05) is 6.54 Å². The minimum atomic E-state index is -0.204. The minimum Gasteiger partial charge on any atom is -0.274 e. The number of thioether (sulfide) groups is 2. The van der Waals surface area contributed by atoms with Crippen LogP contribution in [-0.2, 0) is 9.59 Å². The Morgan fingerprint density at radius 3 is 1.48 bits per heavy atom. The number of rotatable bonds is 5. The highest BCUT2D eigenvalue weighted by atomic mass is 32.2. The zero-order chi connectivity index (χ0) is 16.2. The molecule has 5 heteroatoms. The monoisotopic (exact) mass is 341 g/mol. The standard InChI is InChI=1S/C18H15NO2S2/c1-2-19-17(20)15(22-13-9-5-3-6-10-13)16(18(19)21)23-14-11-7-4-8-12-14/h3-12H,2H2,1H3. The number of imide groups is 1. The quantitative estimate of drug-likeness (QED) is 0.765. The van der Waals surface area contributed by atoms with Crippen LogP contribution in [0.15, 0.2) is 80.3 Å². The van der Waals surface area contributed by atoms with Crippen molar-refractivity contribution in [1.29, 1.82) is 0 Å². The van der Waals surface area contributed by atoms with Gasteiger partial charge in [-0.15, -0.1) is 0 Å². The fraction of sp³-hybridized carbons (Fsp3) is 0.111. The number of carbonyl (C=O) groups is 2. The van der Waals surface area contributed by atoms with E-state index in [0.29, 0.717) is 16.4 Å². The van der Waals surface area contributed by atoms with E-state index >= 15 is 0 Å². The van der Waals surface area contributed by atoms with E-state index in [9.17, 15) is 9.59 Å². The lowest BCUT2D eigenvalue weighted by Crippen LogP contribution is -2.30. The first-order valence-electron chi connectivity index (χ1n) is 7.27. The summed E-state index contributed by atoms with van der Waals surface area (Å²) in [6.07, 6.45) is 0. The maximum Gasteiger partial charge on any atom is 0.268 e. The van der Waals surface area contributed by atoms with Crippen molar-refractivity contribution in [3.05, 3.63) is 70.5 Å². The van der Waals surface area contributed by atoms with Gasteiger partial charge < -0.3 is 0 Å². The van der Waals surface area contributed by atoms with Gasteiger partial charge in [-0.2, -0.15) is 0 Å². The molecule has 0 N–H and O–H groups in total. The molecule has 3 rings (SSSR count). The summed E-state index contributed by atoms with van der Waals surface area (Å²) in [5.41, 5.74) is 0. The van der Waals surface area contributed by atoms with E-state index in [1.165, 1.54) is 28.4 Å². The summed E-state index contributed by atoms with van der Waals surface area (Å²) in [5, 5.41) is 0. The Morgan fingerprint density at radius 1 is 0.739 bits per heavy atom. The van der Waals surface area contributed by atoms with Gasteiger partial charge in [-0.3, -0.25) is 14.5 Å². The molecule has 0 aliphatic carbocycles. The van der Waals surface area contributed by atoms with Crippen LogP contribution in [0.25, 0.3) is 0 Å². The number of hydrogen-bond acceptors (Lipinski definition) is 4. The third-order valence-electron chi connectivity index (χ3n) is 3.33. The normalized spacial score (nSPS) is 14.7. The van der Waals surface area contributed by atoms with Gasteiger partial charge in [0.05, 0.1) is 9.81 Å². The molecule has 0 fully saturated rings. The summed E-state index contributed by atoms with van der Waals surface area (Å²) in [5.74, 6) is -0.408. The molecular weight excluding hydrogens is 326 g/mol. The Hall–Kier alpha value is -1.98. The van der Waals surface area contributed by atoms with Gasteiger partial charge in [0, 0.05) is 16.3 Å². The molecule has 0 aromatic heterocycles. The maximum atomic E-state index is 12.6. The number of benzene rings is 2. The Balaban J connectivity index is 1.96. The second-order valence-corrected chi connectivity index (χ2v) is 7.01. The van der Waals surface area contributed by atoms with Gasteiger partial charge in [-0.25, -0.2) is 0 Å². The predicted molar refractivity (Wildman–Crippen MR) is 94.0 cm³/mol. The predicted octanol–water partition coefficient (Wildman–Crippen LogP) is 4.17. The van der Waals surface area contributed by atoms with Gasteiger partial charge >= 0.3 is 0 Å². The highest BCUT2D eigenvalue weighted by molar-refractivity contribution is 8.08. The van der Waals surface area contributed by atoms with E-state index in [2.05, 4.69) is 0 Å². The lowest BCUT2D eigenvalue weighted by Gasteiger charge is -2.11.